The molecule has 0 radical (unpaired) electrons. The van der Waals surface area contributed by atoms with Crippen molar-refractivity contribution in [3.63, 3.8) is 0 Å². The zero-order valence-corrected chi connectivity index (χ0v) is 16.7. The van der Waals surface area contributed by atoms with Crippen molar-refractivity contribution in [3.8, 4) is 0 Å². The molecule has 1 aromatic carbocycles. The van der Waals surface area contributed by atoms with E-state index in [0.29, 0.717) is 5.41 Å². The Labute approximate surface area is 153 Å². The Morgan fingerprint density at radius 1 is 1.00 bits per heavy atom. The molecule has 0 atom stereocenters. The average Bonchev–Trinajstić information content (AvgIpc) is 2.46. The van der Waals surface area contributed by atoms with Crippen molar-refractivity contribution in [3.05, 3.63) is 35.9 Å². The van der Waals surface area contributed by atoms with Crippen molar-refractivity contribution in [2.24, 2.45) is 5.41 Å². The van der Waals surface area contributed by atoms with E-state index in [1.54, 1.807) is 0 Å². The fourth-order valence-corrected chi connectivity index (χ4v) is 4.15. The third-order valence-electron chi connectivity index (χ3n) is 4.33. The SMILES string of the molecule is CC(C)(C)CC(C)(C)NC(=S)N1CCN(Cc2ccccc2)CC1. The molecular weight excluding hydrogens is 314 g/mol. The Hall–Kier alpha value is -1.13. The molecular formula is C20H33N3S. The van der Waals surface area contributed by atoms with Crippen LogP contribution in [0.1, 0.15) is 46.6 Å². The summed E-state index contributed by atoms with van der Waals surface area (Å²) in [5.74, 6) is 0. The maximum atomic E-state index is 5.68. The van der Waals surface area contributed by atoms with Crippen LogP contribution in [0.2, 0.25) is 0 Å². The smallest absolute Gasteiger partial charge is 0.169 e. The van der Waals surface area contributed by atoms with Gasteiger partial charge in [-0.2, -0.15) is 0 Å². The molecule has 24 heavy (non-hydrogen) atoms. The first-order valence-corrected chi connectivity index (χ1v) is 9.39. The second-order valence-electron chi connectivity index (χ2n) is 8.80. The van der Waals surface area contributed by atoms with E-state index in [-0.39, 0.29) is 5.54 Å². The van der Waals surface area contributed by atoms with Crippen LogP contribution in [-0.2, 0) is 6.54 Å². The molecule has 0 aromatic heterocycles. The highest BCUT2D eigenvalue weighted by Gasteiger charge is 2.28. The van der Waals surface area contributed by atoms with Crippen LogP contribution in [0.25, 0.3) is 0 Å². The maximum absolute atomic E-state index is 5.68. The molecule has 1 heterocycles. The molecule has 0 amide bonds. The Kier molecular flexibility index (Phi) is 6.27. The lowest BCUT2D eigenvalue weighted by Crippen LogP contribution is -2.56. The van der Waals surface area contributed by atoms with Gasteiger partial charge in [-0.25, -0.2) is 0 Å². The maximum Gasteiger partial charge on any atom is 0.169 e. The minimum atomic E-state index is 0.0243. The molecule has 4 heteroatoms. The summed E-state index contributed by atoms with van der Waals surface area (Å²) < 4.78 is 0. The second kappa shape index (κ2) is 7.83. The van der Waals surface area contributed by atoms with Gasteiger partial charge in [0, 0.05) is 38.3 Å². The molecule has 2 rings (SSSR count). The van der Waals surface area contributed by atoms with Gasteiger partial charge in [-0.1, -0.05) is 51.1 Å². The molecule has 1 saturated heterocycles. The number of hydrogen-bond acceptors (Lipinski definition) is 2. The molecule has 1 aliphatic rings. The van der Waals surface area contributed by atoms with Crippen LogP contribution in [0.5, 0.6) is 0 Å². The zero-order valence-electron chi connectivity index (χ0n) is 15.9. The van der Waals surface area contributed by atoms with Crippen LogP contribution in [-0.4, -0.2) is 46.6 Å². The molecule has 0 unspecified atom stereocenters. The number of nitrogens with one attached hydrogen (secondary N) is 1. The normalized spacial score (nSPS) is 17.0. The third-order valence-corrected chi connectivity index (χ3v) is 4.69. The summed E-state index contributed by atoms with van der Waals surface area (Å²) in [5, 5.41) is 4.49. The molecule has 0 spiro atoms. The first-order chi connectivity index (χ1) is 11.1. The van der Waals surface area contributed by atoms with Crippen molar-refractivity contribution in [1.29, 1.82) is 0 Å². The van der Waals surface area contributed by atoms with E-state index >= 15 is 0 Å². The molecule has 0 saturated carbocycles. The predicted octanol–water partition coefficient (Wildman–Crippen LogP) is 3.89. The van der Waals surface area contributed by atoms with Gasteiger partial charge in [0.25, 0.3) is 0 Å². The van der Waals surface area contributed by atoms with Gasteiger partial charge in [0.2, 0.25) is 0 Å². The summed E-state index contributed by atoms with van der Waals surface area (Å²) in [4.78, 5) is 4.83. The first kappa shape index (κ1) is 19.2. The third kappa shape index (κ3) is 6.40. The first-order valence-electron chi connectivity index (χ1n) is 8.98. The van der Waals surface area contributed by atoms with Crippen LogP contribution >= 0.6 is 12.2 Å². The number of nitrogens with zero attached hydrogens (tertiary/aromatic N) is 2. The molecule has 0 bridgehead atoms. The van der Waals surface area contributed by atoms with Crippen molar-refractivity contribution >= 4 is 17.3 Å². The zero-order chi connectivity index (χ0) is 17.8. The predicted molar refractivity (Wildman–Crippen MR) is 107 cm³/mol. The summed E-state index contributed by atoms with van der Waals surface area (Å²) in [6, 6.07) is 10.7. The number of piperazine rings is 1. The van der Waals surface area contributed by atoms with Gasteiger partial charge in [0.05, 0.1) is 0 Å². The molecule has 1 aromatic rings. The molecule has 1 fully saturated rings. The van der Waals surface area contributed by atoms with Gasteiger partial charge < -0.3 is 10.2 Å². The van der Waals surface area contributed by atoms with E-state index in [2.05, 4.69) is 80.1 Å². The quantitative estimate of drug-likeness (QED) is 0.833. The van der Waals surface area contributed by atoms with Crippen LogP contribution in [0, 0.1) is 5.41 Å². The minimum Gasteiger partial charge on any atom is -0.358 e. The molecule has 1 N–H and O–H groups in total. The van der Waals surface area contributed by atoms with Crippen molar-refractivity contribution < 1.29 is 0 Å². The van der Waals surface area contributed by atoms with E-state index in [0.717, 1.165) is 44.3 Å². The molecule has 134 valence electrons. The Morgan fingerprint density at radius 2 is 1.58 bits per heavy atom. The lowest BCUT2D eigenvalue weighted by atomic mass is 9.82. The van der Waals surface area contributed by atoms with Gasteiger partial charge in [0.15, 0.2) is 5.11 Å². The fourth-order valence-electron chi connectivity index (χ4n) is 3.69. The van der Waals surface area contributed by atoms with Crippen LogP contribution in [0.15, 0.2) is 30.3 Å². The summed E-state index contributed by atoms with van der Waals surface area (Å²) in [6.07, 6.45) is 1.09. The van der Waals surface area contributed by atoms with Gasteiger partial charge in [-0.05, 0) is 43.5 Å². The minimum absolute atomic E-state index is 0.0243. The summed E-state index contributed by atoms with van der Waals surface area (Å²) >= 11 is 5.68. The lowest BCUT2D eigenvalue weighted by molar-refractivity contribution is 0.170. The van der Waals surface area contributed by atoms with E-state index in [1.807, 2.05) is 0 Å². The number of hydrogen-bond donors (Lipinski definition) is 1. The highest BCUT2D eigenvalue weighted by atomic mass is 32.1. The van der Waals surface area contributed by atoms with Gasteiger partial charge in [0.1, 0.15) is 0 Å². The Bertz CT molecular complexity index is 526. The van der Waals surface area contributed by atoms with Crippen LogP contribution in [0.4, 0.5) is 0 Å². The van der Waals surface area contributed by atoms with Crippen molar-refractivity contribution in [2.45, 2.75) is 53.1 Å². The van der Waals surface area contributed by atoms with Gasteiger partial charge >= 0.3 is 0 Å². The average molecular weight is 348 g/mol. The van der Waals surface area contributed by atoms with E-state index in [1.165, 1.54) is 5.56 Å². The monoisotopic (exact) mass is 347 g/mol. The molecule has 0 aliphatic carbocycles. The molecule has 3 nitrogen and oxygen atoms in total. The van der Waals surface area contributed by atoms with Crippen LogP contribution < -0.4 is 5.32 Å². The summed E-state index contributed by atoms with van der Waals surface area (Å²) in [6.45, 7) is 16.5. The number of thiocarbonyl (C=S) groups is 1. The van der Waals surface area contributed by atoms with E-state index in [4.69, 9.17) is 12.2 Å². The Morgan fingerprint density at radius 3 is 2.12 bits per heavy atom. The largest absolute Gasteiger partial charge is 0.358 e. The fraction of sp³-hybridized carbons (Fsp3) is 0.650. The highest BCUT2D eigenvalue weighted by molar-refractivity contribution is 7.80. The highest BCUT2D eigenvalue weighted by Crippen LogP contribution is 2.27. The van der Waals surface area contributed by atoms with Crippen LogP contribution in [0.3, 0.4) is 0 Å². The van der Waals surface area contributed by atoms with E-state index in [9.17, 15) is 0 Å². The number of benzene rings is 1. The van der Waals surface area contributed by atoms with E-state index < -0.39 is 0 Å². The summed E-state index contributed by atoms with van der Waals surface area (Å²) in [5.41, 5.74) is 1.70. The van der Waals surface area contributed by atoms with Crippen molar-refractivity contribution in [2.75, 3.05) is 26.2 Å². The van der Waals surface area contributed by atoms with Gasteiger partial charge in [-0.3, -0.25) is 4.90 Å². The topological polar surface area (TPSA) is 18.5 Å². The van der Waals surface area contributed by atoms with Gasteiger partial charge in [-0.15, -0.1) is 0 Å². The standard InChI is InChI=1S/C20H33N3S/c1-19(2,3)16-20(4,5)21-18(24)23-13-11-22(12-14-23)15-17-9-7-6-8-10-17/h6-10H,11-16H2,1-5H3,(H,21,24). The number of rotatable bonds is 4. The summed E-state index contributed by atoms with van der Waals surface area (Å²) in [7, 11) is 0. The molecule has 1 aliphatic heterocycles. The lowest BCUT2D eigenvalue weighted by Gasteiger charge is -2.40. The van der Waals surface area contributed by atoms with Crippen molar-refractivity contribution in [1.82, 2.24) is 15.1 Å². The second-order valence-corrected chi connectivity index (χ2v) is 9.19. The Balaban J connectivity index is 1.80.